The molecule has 0 bridgehead atoms. The minimum Gasteiger partial charge on any atom is -0.480 e. The standard InChI is InChI=1S/C14H17NO5/c16-10-5-6-15(12(7-10)14(19)20)8-9-3-1-2-4-11(9)13(17)18/h1-4,10,12,16H,5-8H2,(H,17,18)(H,19,20)/t10-,12+/m0/s1. The number of likely N-dealkylation sites (tertiary alicyclic amines) is 1. The van der Waals surface area contributed by atoms with E-state index in [9.17, 15) is 19.8 Å². The minimum atomic E-state index is -1.02. The predicted molar refractivity (Wildman–Crippen MR) is 70.5 cm³/mol. The van der Waals surface area contributed by atoms with E-state index in [2.05, 4.69) is 0 Å². The quantitative estimate of drug-likeness (QED) is 0.754. The lowest BCUT2D eigenvalue weighted by molar-refractivity contribution is -0.146. The molecule has 1 fully saturated rings. The number of aliphatic carboxylic acids is 1. The fourth-order valence-electron chi connectivity index (χ4n) is 2.53. The highest BCUT2D eigenvalue weighted by Crippen LogP contribution is 2.22. The molecule has 1 heterocycles. The third kappa shape index (κ3) is 3.15. The van der Waals surface area contributed by atoms with Crippen molar-refractivity contribution in [2.24, 2.45) is 0 Å². The van der Waals surface area contributed by atoms with Gasteiger partial charge in [0.15, 0.2) is 0 Å². The molecule has 0 amide bonds. The van der Waals surface area contributed by atoms with Crippen molar-refractivity contribution >= 4 is 11.9 Å². The molecule has 1 saturated heterocycles. The molecule has 2 atom stereocenters. The normalized spacial score (nSPS) is 23.4. The van der Waals surface area contributed by atoms with Gasteiger partial charge in [-0.2, -0.15) is 0 Å². The average molecular weight is 279 g/mol. The first-order valence-electron chi connectivity index (χ1n) is 6.45. The summed E-state index contributed by atoms with van der Waals surface area (Å²) in [5.74, 6) is -2.01. The highest BCUT2D eigenvalue weighted by atomic mass is 16.4. The van der Waals surface area contributed by atoms with Crippen molar-refractivity contribution in [1.29, 1.82) is 0 Å². The number of aromatic carboxylic acids is 1. The molecule has 0 aliphatic carbocycles. The van der Waals surface area contributed by atoms with Crippen LogP contribution in [0.5, 0.6) is 0 Å². The molecule has 0 radical (unpaired) electrons. The number of hydrogen-bond acceptors (Lipinski definition) is 4. The van der Waals surface area contributed by atoms with Crippen molar-refractivity contribution in [3.05, 3.63) is 35.4 Å². The molecular formula is C14H17NO5. The van der Waals surface area contributed by atoms with E-state index in [1.807, 2.05) is 0 Å². The summed E-state index contributed by atoms with van der Waals surface area (Å²) < 4.78 is 0. The first-order valence-corrected chi connectivity index (χ1v) is 6.45. The van der Waals surface area contributed by atoms with Gasteiger partial charge in [0, 0.05) is 13.1 Å². The van der Waals surface area contributed by atoms with Gasteiger partial charge in [-0.05, 0) is 24.5 Å². The molecule has 6 nitrogen and oxygen atoms in total. The molecule has 0 unspecified atom stereocenters. The Hall–Kier alpha value is -1.92. The van der Waals surface area contributed by atoms with Gasteiger partial charge < -0.3 is 15.3 Å². The van der Waals surface area contributed by atoms with Crippen LogP contribution in [0.2, 0.25) is 0 Å². The third-order valence-corrected chi connectivity index (χ3v) is 3.59. The number of benzene rings is 1. The molecule has 1 aromatic rings. The molecule has 108 valence electrons. The number of rotatable bonds is 4. The lowest BCUT2D eigenvalue weighted by Crippen LogP contribution is -2.48. The van der Waals surface area contributed by atoms with Gasteiger partial charge in [-0.1, -0.05) is 18.2 Å². The second kappa shape index (κ2) is 6.02. The highest BCUT2D eigenvalue weighted by Gasteiger charge is 2.33. The monoisotopic (exact) mass is 279 g/mol. The van der Waals surface area contributed by atoms with Gasteiger partial charge in [-0.25, -0.2) is 4.79 Å². The number of piperidine rings is 1. The molecule has 20 heavy (non-hydrogen) atoms. The summed E-state index contributed by atoms with van der Waals surface area (Å²) in [6.45, 7) is 0.693. The van der Waals surface area contributed by atoms with Crippen LogP contribution in [0.4, 0.5) is 0 Å². The predicted octanol–water partition coefficient (Wildman–Crippen LogP) is 0.795. The molecular weight excluding hydrogens is 262 g/mol. The zero-order valence-electron chi connectivity index (χ0n) is 10.9. The number of hydrogen-bond donors (Lipinski definition) is 3. The van der Waals surface area contributed by atoms with Crippen LogP contribution < -0.4 is 0 Å². The van der Waals surface area contributed by atoms with Gasteiger partial charge in [0.2, 0.25) is 0 Å². The SMILES string of the molecule is O=C(O)c1ccccc1CN1CC[C@H](O)C[C@@H]1C(=O)O. The summed E-state index contributed by atoms with van der Waals surface area (Å²) in [7, 11) is 0. The molecule has 1 aliphatic heterocycles. The van der Waals surface area contributed by atoms with E-state index in [1.54, 1.807) is 23.1 Å². The maximum Gasteiger partial charge on any atom is 0.336 e. The fraction of sp³-hybridized carbons (Fsp3) is 0.429. The molecule has 6 heteroatoms. The smallest absolute Gasteiger partial charge is 0.336 e. The van der Waals surface area contributed by atoms with Gasteiger partial charge >= 0.3 is 11.9 Å². The summed E-state index contributed by atoms with van der Waals surface area (Å²) >= 11 is 0. The lowest BCUT2D eigenvalue weighted by Gasteiger charge is -2.35. The van der Waals surface area contributed by atoms with Gasteiger partial charge in [0.1, 0.15) is 6.04 Å². The van der Waals surface area contributed by atoms with Gasteiger partial charge in [0.05, 0.1) is 11.7 Å². The van der Waals surface area contributed by atoms with Crippen molar-refractivity contribution in [3.8, 4) is 0 Å². The van der Waals surface area contributed by atoms with E-state index >= 15 is 0 Å². The summed E-state index contributed by atoms with van der Waals surface area (Å²) in [4.78, 5) is 24.1. The zero-order valence-corrected chi connectivity index (χ0v) is 10.9. The van der Waals surface area contributed by atoms with Crippen molar-refractivity contribution in [1.82, 2.24) is 4.90 Å². The Morgan fingerprint density at radius 3 is 2.60 bits per heavy atom. The highest BCUT2D eigenvalue weighted by molar-refractivity contribution is 5.89. The molecule has 1 aliphatic rings. The van der Waals surface area contributed by atoms with Crippen LogP contribution >= 0.6 is 0 Å². The maximum absolute atomic E-state index is 11.3. The van der Waals surface area contributed by atoms with Gasteiger partial charge in [0.25, 0.3) is 0 Å². The number of carboxylic acids is 2. The van der Waals surface area contributed by atoms with Crippen molar-refractivity contribution in [2.45, 2.75) is 31.5 Å². The summed E-state index contributed by atoms with van der Waals surface area (Å²) in [6, 6.07) is 5.79. The second-order valence-corrected chi connectivity index (χ2v) is 4.97. The summed E-state index contributed by atoms with van der Waals surface area (Å²) in [5.41, 5.74) is 0.769. The van der Waals surface area contributed by atoms with Gasteiger partial charge in [-0.3, -0.25) is 9.69 Å². The number of aliphatic hydroxyl groups excluding tert-OH is 1. The average Bonchev–Trinajstić information content (AvgIpc) is 2.41. The largest absolute Gasteiger partial charge is 0.480 e. The van der Waals surface area contributed by atoms with E-state index in [1.165, 1.54) is 6.07 Å². The number of carboxylic acid groups (broad SMARTS) is 2. The van der Waals surface area contributed by atoms with Crippen molar-refractivity contribution < 1.29 is 24.9 Å². The molecule has 3 N–H and O–H groups in total. The Bertz CT molecular complexity index is 516. The van der Waals surface area contributed by atoms with Crippen LogP contribution in [0.1, 0.15) is 28.8 Å². The van der Waals surface area contributed by atoms with Crippen LogP contribution in [0, 0.1) is 0 Å². The number of nitrogens with zero attached hydrogens (tertiary/aromatic N) is 1. The maximum atomic E-state index is 11.3. The topological polar surface area (TPSA) is 98.1 Å². The van der Waals surface area contributed by atoms with Crippen molar-refractivity contribution in [2.75, 3.05) is 6.54 Å². The second-order valence-electron chi connectivity index (χ2n) is 4.97. The summed E-state index contributed by atoms with van der Waals surface area (Å²) in [5, 5.41) is 27.9. The number of aliphatic hydroxyl groups is 1. The van der Waals surface area contributed by atoms with Crippen molar-refractivity contribution in [3.63, 3.8) is 0 Å². The van der Waals surface area contributed by atoms with E-state index in [0.717, 1.165) is 0 Å². The first-order chi connectivity index (χ1) is 9.49. The number of carbonyl (C=O) groups is 2. The molecule has 0 aromatic heterocycles. The lowest BCUT2D eigenvalue weighted by atomic mass is 9.97. The molecule has 1 aromatic carbocycles. The van der Waals surface area contributed by atoms with Crippen LogP contribution in [0.15, 0.2) is 24.3 Å². The van der Waals surface area contributed by atoms with Gasteiger partial charge in [-0.15, -0.1) is 0 Å². The fourth-order valence-corrected chi connectivity index (χ4v) is 2.53. The summed E-state index contributed by atoms with van der Waals surface area (Å²) in [6.07, 6.45) is 0.0610. The first kappa shape index (κ1) is 14.5. The van der Waals surface area contributed by atoms with Crippen LogP contribution in [-0.2, 0) is 11.3 Å². The zero-order chi connectivity index (χ0) is 14.7. The van der Waals surface area contributed by atoms with E-state index in [0.29, 0.717) is 18.5 Å². The third-order valence-electron chi connectivity index (χ3n) is 3.59. The Kier molecular flexibility index (Phi) is 4.36. The Morgan fingerprint density at radius 1 is 1.25 bits per heavy atom. The minimum absolute atomic E-state index is 0.171. The Labute approximate surface area is 116 Å². The van der Waals surface area contributed by atoms with E-state index in [-0.39, 0.29) is 18.5 Å². The van der Waals surface area contributed by atoms with Crippen LogP contribution in [-0.4, -0.2) is 50.8 Å². The molecule has 0 spiro atoms. The van der Waals surface area contributed by atoms with E-state index in [4.69, 9.17) is 5.11 Å². The Balaban J connectivity index is 2.20. The Morgan fingerprint density at radius 2 is 1.95 bits per heavy atom. The molecule has 0 saturated carbocycles. The van der Waals surface area contributed by atoms with Crippen LogP contribution in [0.3, 0.4) is 0 Å². The van der Waals surface area contributed by atoms with E-state index < -0.39 is 24.1 Å². The van der Waals surface area contributed by atoms with Crippen LogP contribution in [0.25, 0.3) is 0 Å². The molecule has 2 rings (SSSR count).